The lowest BCUT2D eigenvalue weighted by molar-refractivity contribution is -0.139. The van der Waals surface area contributed by atoms with Crippen molar-refractivity contribution in [1.82, 2.24) is 0 Å². The molecule has 0 saturated carbocycles. The molecular weight excluding hydrogens is 210 g/mol. The first-order valence-electron chi connectivity index (χ1n) is 4.65. The van der Waals surface area contributed by atoms with Gasteiger partial charge in [-0.1, -0.05) is 6.07 Å². The Labute approximate surface area is 93.8 Å². The Balaban J connectivity index is 2.70. The van der Waals surface area contributed by atoms with E-state index in [-0.39, 0.29) is 6.61 Å². The molecule has 0 spiro atoms. The summed E-state index contributed by atoms with van der Waals surface area (Å²) in [6.45, 7) is 3.63. The van der Waals surface area contributed by atoms with Crippen molar-refractivity contribution >= 4 is 5.97 Å². The van der Waals surface area contributed by atoms with Crippen LogP contribution in [0.3, 0.4) is 0 Å². The molecule has 0 aliphatic rings. The lowest BCUT2D eigenvalue weighted by Crippen LogP contribution is -2.36. The fourth-order valence-corrected chi connectivity index (χ4v) is 1.08. The molecule has 0 saturated heterocycles. The van der Waals surface area contributed by atoms with Gasteiger partial charge in [0.2, 0.25) is 0 Å². The average Bonchev–Trinajstić information content (AvgIpc) is 2.26. The number of ether oxygens (including phenoxy) is 2. The normalized spacial score (nSPS) is 11.9. The van der Waals surface area contributed by atoms with E-state index in [1.807, 2.05) is 0 Å². The van der Waals surface area contributed by atoms with E-state index in [1.54, 1.807) is 18.2 Å². The van der Waals surface area contributed by atoms with Gasteiger partial charge in [-0.2, -0.15) is 0 Å². The summed E-state index contributed by atoms with van der Waals surface area (Å²) in [6.07, 6.45) is 0. The minimum absolute atomic E-state index is 0.109. The SMILES string of the molecule is [CH2]c1ccc(OCC(N)C(=O)O)c(OC)c1. The van der Waals surface area contributed by atoms with Crippen molar-refractivity contribution in [3.05, 3.63) is 30.7 Å². The lowest BCUT2D eigenvalue weighted by atomic mass is 10.2. The Bertz CT molecular complexity index is 378. The zero-order chi connectivity index (χ0) is 12.1. The van der Waals surface area contributed by atoms with Crippen molar-refractivity contribution in [2.75, 3.05) is 13.7 Å². The average molecular weight is 224 g/mol. The molecule has 0 aromatic heterocycles. The molecule has 1 aromatic carbocycles. The topological polar surface area (TPSA) is 81.8 Å². The predicted molar refractivity (Wildman–Crippen MR) is 58.6 cm³/mol. The van der Waals surface area contributed by atoms with E-state index in [0.29, 0.717) is 11.5 Å². The predicted octanol–water partition coefficient (Wildman–Crippen LogP) is 0.668. The van der Waals surface area contributed by atoms with Crippen LogP contribution < -0.4 is 15.2 Å². The van der Waals surface area contributed by atoms with Crippen LogP contribution in [0.1, 0.15) is 5.56 Å². The van der Waals surface area contributed by atoms with Gasteiger partial charge in [0.1, 0.15) is 12.6 Å². The summed E-state index contributed by atoms with van der Waals surface area (Å²) >= 11 is 0. The third-order valence-electron chi connectivity index (χ3n) is 1.96. The van der Waals surface area contributed by atoms with Crippen LogP contribution in [0.4, 0.5) is 0 Å². The molecule has 0 fully saturated rings. The molecule has 1 aromatic rings. The highest BCUT2D eigenvalue weighted by atomic mass is 16.5. The molecular formula is C11H14NO4. The summed E-state index contributed by atoms with van der Waals surface area (Å²) in [5, 5.41) is 8.58. The number of carboxylic acids is 1. The molecule has 0 aliphatic carbocycles. The highest BCUT2D eigenvalue weighted by Gasteiger charge is 2.13. The summed E-state index contributed by atoms with van der Waals surface area (Å²) in [6, 6.07) is 4.05. The molecule has 1 rings (SSSR count). The number of hydrogen-bond donors (Lipinski definition) is 2. The second-order valence-corrected chi connectivity index (χ2v) is 3.24. The maximum atomic E-state index is 10.5. The Kier molecular flexibility index (Phi) is 4.13. The highest BCUT2D eigenvalue weighted by Crippen LogP contribution is 2.27. The van der Waals surface area contributed by atoms with Crippen molar-refractivity contribution in [1.29, 1.82) is 0 Å². The van der Waals surface area contributed by atoms with E-state index in [1.165, 1.54) is 7.11 Å². The molecule has 1 atom stereocenters. The molecule has 87 valence electrons. The van der Waals surface area contributed by atoms with E-state index in [2.05, 4.69) is 6.92 Å². The van der Waals surface area contributed by atoms with Crippen LogP contribution >= 0.6 is 0 Å². The number of carbonyl (C=O) groups is 1. The second kappa shape index (κ2) is 5.37. The smallest absolute Gasteiger partial charge is 0.324 e. The number of carboxylic acid groups (broad SMARTS) is 1. The van der Waals surface area contributed by atoms with Crippen molar-refractivity contribution < 1.29 is 19.4 Å². The third-order valence-corrected chi connectivity index (χ3v) is 1.96. The Morgan fingerprint density at radius 2 is 2.25 bits per heavy atom. The van der Waals surface area contributed by atoms with Gasteiger partial charge in [-0.3, -0.25) is 4.79 Å². The van der Waals surface area contributed by atoms with Gasteiger partial charge in [-0.15, -0.1) is 0 Å². The lowest BCUT2D eigenvalue weighted by Gasteiger charge is -2.12. The molecule has 0 bridgehead atoms. The van der Waals surface area contributed by atoms with Crippen LogP contribution in [0.2, 0.25) is 0 Å². The first-order chi connectivity index (χ1) is 7.54. The zero-order valence-corrected chi connectivity index (χ0v) is 8.97. The fraction of sp³-hybridized carbons (Fsp3) is 0.273. The van der Waals surface area contributed by atoms with E-state index in [0.717, 1.165) is 5.56 Å². The first kappa shape index (κ1) is 12.3. The van der Waals surface area contributed by atoms with Gasteiger partial charge in [0.15, 0.2) is 11.5 Å². The van der Waals surface area contributed by atoms with Crippen LogP contribution in [0.15, 0.2) is 18.2 Å². The molecule has 3 N–H and O–H groups in total. The summed E-state index contributed by atoms with van der Waals surface area (Å²) in [5.41, 5.74) is 6.09. The van der Waals surface area contributed by atoms with Crippen molar-refractivity contribution in [3.8, 4) is 11.5 Å². The molecule has 0 amide bonds. The molecule has 5 heteroatoms. The number of methoxy groups -OCH3 is 1. The Morgan fingerprint density at radius 3 is 2.81 bits per heavy atom. The van der Waals surface area contributed by atoms with Gasteiger partial charge >= 0.3 is 5.97 Å². The number of nitrogens with two attached hydrogens (primary N) is 1. The number of rotatable bonds is 5. The number of aliphatic carboxylic acids is 1. The quantitative estimate of drug-likeness (QED) is 0.768. The molecule has 1 unspecified atom stereocenters. The Hall–Kier alpha value is -1.75. The minimum Gasteiger partial charge on any atom is -0.493 e. The zero-order valence-electron chi connectivity index (χ0n) is 8.97. The first-order valence-corrected chi connectivity index (χ1v) is 4.65. The van der Waals surface area contributed by atoms with Gasteiger partial charge in [-0.05, 0) is 24.6 Å². The number of benzene rings is 1. The van der Waals surface area contributed by atoms with Gasteiger partial charge in [0.05, 0.1) is 7.11 Å². The maximum Gasteiger partial charge on any atom is 0.324 e. The van der Waals surface area contributed by atoms with E-state index >= 15 is 0 Å². The van der Waals surface area contributed by atoms with E-state index < -0.39 is 12.0 Å². The monoisotopic (exact) mass is 224 g/mol. The molecule has 16 heavy (non-hydrogen) atoms. The fourth-order valence-electron chi connectivity index (χ4n) is 1.08. The molecule has 0 aliphatic heterocycles. The maximum absolute atomic E-state index is 10.5. The highest BCUT2D eigenvalue weighted by molar-refractivity contribution is 5.73. The minimum atomic E-state index is -1.10. The third kappa shape index (κ3) is 3.13. The van der Waals surface area contributed by atoms with E-state index in [9.17, 15) is 4.79 Å². The van der Waals surface area contributed by atoms with Crippen LogP contribution in [0.25, 0.3) is 0 Å². The van der Waals surface area contributed by atoms with Crippen molar-refractivity contribution in [2.45, 2.75) is 6.04 Å². The van der Waals surface area contributed by atoms with Gasteiger partial charge < -0.3 is 20.3 Å². The van der Waals surface area contributed by atoms with Crippen LogP contribution in [0.5, 0.6) is 11.5 Å². The summed E-state index contributed by atoms with van der Waals surface area (Å²) in [4.78, 5) is 10.5. The van der Waals surface area contributed by atoms with Gasteiger partial charge in [0.25, 0.3) is 0 Å². The van der Waals surface area contributed by atoms with Crippen LogP contribution in [0, 0.1) is 6.92 Å². The molecule has 5 nitrogen and oxygen atoms in total. The summed E-state index contributed by atoms with van der Waals surface area (Å²) < 4.78 is 10.3. The Morgan fingerprint density at radius 1 is 1.56 bits per heavy atom. The number of hydrogen-bond acceptors (Lipinski definition) is 4. The summed E-state index contributed by atoms with van der Waals surface area (Å²) in [5.74, 6) is -0.149. The van der Waals surface area contributed by atoms with Crippen LogP contribution in [-0.2, 0) is 4.79 Å². The summed E-state index contributed by atoms with van der Waals surface area (Å²) in [7, 11) is 1.50. The molecule has 0 heterocycles. The van der Waals surface area contributed by atoms with E-state index in [4.69, 9.17) is 20.3 Å². The largest absolute Gasteiger partial charge is 0.493 e. The van der Waals surface area contributed by atoms with Crippen molar-refractivity contribution in [2.24, 2.45) is 5.73 Å². The van der Waals surface area contributed by atoms with Gasteiger partial charge in [0, 0.05) is 0 Å². The second-order valence-electron chi connectivity index (χ2n) is 3.24. The van der Waals surface area contributed by atoms with Crippen molar-refractivity contribution in [3.63, 3.8) is 0 Å². The van der Waals surface area contributed by atoms with Crippen LogP contribution in [-0.4, -0.2) is 30.8 Å². The standard InChI is InChI=1S/C11H14NO4/c1-7-3-4-9(10(5-7)15-2)16-6-8(12)11(13)14/h3-5,8H,1,6,12H2,2H3,(H,13,14). The molecule has 1 radical (unpaired) electrons. The van der Waals surface area contributed by atoms with Gasteiger partial charge in [-0.25, -0.2) is 0 Å².